The van der Waals surface area contributed by atoms with Gasteiger partial charge in [-0.05, 0) is 35.0 Å². The first-order valence-corrected chi connectivity index (χ1v) is 6.96. The first kappa shape index (κ1) is 12.5. The van der Waals surface area contributed by atoms with Gasteiger partial charge in [-0.25, -0.2) is 0 Å². The fraction of sp³-hybridized carbons (Fsp3) is 0.250. The number of aromatic hydroxyl groups is 1. The lowest BCUT2D eigenvalue weighted by atomic mass is 10.3. The lowest BCUT2D eigenvalue weighted by molar-refractivity contribution is 0.462. The molecule has 1 heterocycles. The molecule has 0 atom stereocenters. The second-order valence-corrected chi connectivity index (χ2v) is 5.54. The molecule has 0 aliphatic carbocycles. The highest BCUT2D eigenvalue weighted by molar-refractivity contribution is 9.10. The molecule has 0 unspecified atom stereocenters. The van der Waals surface area contributed by atoms with E-state index in [1.54, 1.807) is 17.8 Å². The van der Waals surface area contributed by atoms with Crippen LogP contribution in [0.2, 0.25) is 0 Å². The number of rotatable bonds is 3. The van der Waals surface area contributed by atoms with Crippen molar-refractivity contribution in [1.82, 2.24) is 9.78 Å². The van der Waals surface area contributed by atoms with Crippen molar-refractivity contribution in [2.45, 2.75) is 17.6 Å². The molecule has 0 saturated carbocycles. The van der Waals surface area contributed by atoms with Crippen molar-refractivity contribution < 1.29 is 5.11 Å². The molecule has 0 spiro atoms. The van der Waals surface area contributed by atoms with E-state index in [1.165, 1.54) is 0 Å². The minimum absolute atomic E-state index is 0.326. The molecule has 2 rings (SSSR count). The summed E-state index contributed by atoms with van der Waals surface area (Å²) < 4.78 is 2.91. The molecule has 1 aromatic heterocycles. The number of benzene rings is 1. The summed E-state index contributed by atoms with van der Waals surface area (Å²) in [6, 6.07) is 7.36. The minimum Gasteiger partial charge on any atom is -0.507 e. The van der Waals surface area contributed by atoms with Crippen LogP contribution in [0.4, 0.5) is 0 Å². The van der Waals surface area contributed by atoms with E-state index in [9.17, 15) is 5.11 Å². The van der Waals surface area contributed by atoms with Gasteiger partial charge in [0, 0.05) is 17.7 Å². The summed E-state index contributed by atoms with van der Waals surface area (Å²) >= 11 is 5.13. The summed E-state index contributed by atoms with van der Waals surface area (Å²) in [6.07, 6.45) is 0. The molecule has 0 bridgehead atoms. The highest BCUT2D eigenvalue weighted by atomic mass is 79.9. The van der Waals surface area contributed by atoms with Crippen LogP contribution >= 0.6 is 27.7 Å². The van der Waals surface area contributed by atoms with Crippen LogP contribution in [-0.4, -0.2) is 14.9 Å². The van der Waals surface area contributed by atoms with Gasteiger partial charge in [0.25, 0.3) is 0 Å². The van der Waals surface area contributed by atoms with Crippen LogP contribution in [0, 0.1) is 6.92 Å². The average Bonchev–Trinajstić information content (AvgIpc) is 2.53. The second kappa shape index (κ2) is 5.14. The van der Waals surface area contributed by atoms with E-state index in [-0.39, 0.29) is 0 Å². The molecular formula is C12H13BrN2OS. The quantitative estimate of drug-likeness (QED) is 0.882. The van der Waals surface area contributed by atoms with E-state index in [1.807, 2.05) is 36.9 Å². The van der Waals surface area contributed by atoms with Crippen LogP contribution in [0.5, 0.6) is 5.75 Å². The molecule has 5 heteroatoms. The van der Waals surface area contributed by atoms with Crippen LogP contribution < -0.4 is 0 Å². The van der Waals surface area contributed by atoms with Gasteiger partial charge in [-0.15, -0.1) is 11.8 Å². The fourth-order valence-electron chi connectivity index (χ4n) is 1.56. The second-order valence-electron chi connectivity index (χ2n) is 3.73. The van der Waals surface area contributed by atoms with Crippen LogP contribution in [0.1, 0.15) is 11.4 Å². The van der Waals surface area contributed by atoms with E-state index < -0.39 is 0 Å². The number of aromatic nitrogens is 2. The smallest absolute Gasteiger partial charge is 0.129 e. The number of thioether (sulfide) groups is 1. The Morgan fingerprint density at radius 1 is 1.41 bits per heavy atom. The average molecular weight is 313 g/mol. The van der Waals surface area contributed by atoms with E-state index in [4.69, 9.17) is 0 Å². The molecule has 1 N–H and O–H groups in total. The maximum absolute atomic E-state index is 9.68. The van der Waals surface area contributed by atoms with Crippen molar-refractivity contribution in [3.63, 3.8) is 0 Å². The van der Waals surface area contributed by atoms with E-state index in [0.29, 0.717) is 5.75 Å². The Balaban J connectivity index is 2.15. The molecule has 0 fully saturated rings. The summed E-state index contributed by atoms with van der Waals surface area (Å²) in [4.78, 5) is 0.887. The fourth-order valence-corrected chi connectivity index (χ4v) is 3.24. The zero-order valence-electron chi connectivity index (χ0n) is 9.64. The molecule has 0 saturated heterocycles. The molecule has 17 heavy (non-hydrogen) atoms. The van der Waals surface area contributed by atoms with Crippen molar-refractivity contribution in [3.05, 3.63) is 40.1 Å². The van der Waals surface area contributed by atoms with E-state index in [2.05, 4.69) is 21.0 Å². The Bertz CT molecular complexity index is 539. The summed E-state index contributed by atoms with van der Waals surface area (Å²) in [6.45, 7) is 1.97. The Hall–Kier alpha value is -0.940. The van der Waals surface area contributed by atoms with Gasteiger partial charge in [0.05, 0.1) is 15.9 Å². The van der Waals surface area contributed by atoms with Gasteiger partial charge in [0.2, 0.25) is 0 Å². The Kier molecular flexibility index (Phi) is 3.79. The zero-order chi connectivity index (χ0) is 12.4. The Morgan fingerprint density at radius 2 is 2.12 bits per heavy atom. The molecule has 3 nitrogen and oxygen atoms in total. The normalized spacial score (nSPS) is 10.8. The molecule has 90 valence electrons. The lowest BCUT2D eigenvalue weighted by Gasteiger charge is -2.05. The molecule has 1 aromatic carbocycles. The summed E-state index contributed by atoms with van der Waals surface area (Å²) in [5, 5.41) is 14.0. The van der Waals surface area contributed by atoms with Crippen LogP contribution in [-0.2, 0) is 12.8 Å². The molecule has 0 radical (unpaired) electrons. The van der Waals surface area contributed by atoms with Gasteiger partial charge in [0.15, 0.2) is 0 Å². The molecule has 0 amide bonds. The van der Waals surface area contributed by atoms with Gasteiger partial charge in [-0.3, -0.25) is 4.68 Å². The minimum atomic E-state index is 0.326. The first-order chi connectivity index (χ1) is 8.09. The lowest BCUT2D eigenvalue weighted by Crippen LogP contribution is -1.96. The number of hydrogen-bond acceptors (Lipinski definition) is 3. The Morgan fingerprint density at radius 3 is 2.71 bits per heavy atom. The first-order valence-electron chi connectivity index (χ1n) is 5.18. The standard InChI is InChI=1S/C12H13BrN2OS/c1-8-12(13)9(15(2)14-8)7-17-11-6-4-3-5-10(11)16/h3-6,16H,7H2,1-2H3. The number of hydrogen-bond donors (Lipinski definition) is 1. The molecule has 0 aliphatic rings. The van der Waals surface area contributed by atoms with Gasteiger partial charge in [-0.2, -0.15) is 5.10 Å². The topological polar surface area (TPSA) is 38.0 Å². The monoisotopic (exact) mass is 312 g/mol. The van der Waals surface area contributed by atoms with Crippen LogP contribution in [0.15, 0.2) is 33.6 Å². The van der Waals surface area contributed by atoms with Crippen LogP contribution in [0.25, 0.3) is 0 Å². The SMILES string of the molecule is Cc1nn(C)c(CSc2ccccc2O)c1Br. The third kappa shape index (κ3) is 2.66. The zero-order valence-corrected chi connectivity index (χ0v) is 12.0. The Labute approximate surface area is 113 Å². The van der Waals surface area contributed by atoms with Crippen molar-refractivity contribution >= 4 is 27.7 Å². The largest absolute Gasteiger partial charge is 0.507 e. The van der Waals surface area contributed by atoms with E-state index >= 15 is 0 Å². The number of phenolic OH excluding ortho intramolecular Hbond substituents is 1. The van der Waals surface area contributed by atoms with E-state index in [0.717, 1.165) is 26.5 Å². The van der Waals surface area contributed by atoms with Crippen molar-refractivity contribution in [2.75, 3.05) is 0 Å². The predicted molar refractivity (Wildman–Crippen MR) is 73.3 cm³/mol. The predicted octanol–water partition coefficient (Wildman–Crippen LogP) is 3.49. The number of phenols is 1. The van der Waals surface area contributed by atoms with Crippen LogP contribution in [0.3, 0.4) is 0 Å². The third-order valence-corrected chi connectivity index (χ3v) is 4.60. The summed E-state index contributed by atoms with van der Waals surface area (Å²) in [5.41, 5.74) is 2.11. The molecule has 0 aliphatic heterocycles. The van der Waals surface area contributed by atoms with Crippen molar-refractivity contribution in [1.29, 1.82) is 0 Å². The number of halogens is 1. The third-order valence-electron chi connectivity index (χ3n) is 2.49. The number of para-hydroxylation sites is 1. The van der Waals surface area contributed by atoms with Gasteiger partial charge >= 0.3 is 0 Å². The summed E-state index contributed by atoms with van der Waals surface area (Å²) in [7, 11) is 1.93. The summed E-state index contributed by atoms with van der Waals surface area (Å²) in [5.74, 6) is 1.10. The number of aryl methyl sites for hydroxylation is 2. The van der Waals surface area contributed by atoms with Gasteiger partial charge in [-0.1, -0.05) is 12.1 Å². The highest BCUT2D eigenvalue weighted by Crippen LogP contribution is 2.32. The van der Waals surface area contributed by atoms with Crippen molar-refractivity contribution in [2.24, 2.45) is 7.05 Å². The maximum Gasteiger partial charge on any atom is 0.129 e. The molecule has 2 aromatic rings. The van der Waals surface area contributed by atoms with Gasteiger partial charge < -0.3 is 5.11 Å². The van der Waals surface area contributed by atoms with Gasteiger partial charge in [0.1, 0.15) is 5.75 Å². The number of nitrogens with zero attached hydrogens (tertiary/aromatic N) is 2. The van der Waals surface area contributed by atoms with Crippen molar-refractivity contribution in [3.8, 4) is 5.75 Å². The molecular weight excluding hydrogens is 300 g/mol. The highest BCUT2D eigenvalue weighted by Gasteiger charge is 2.11. The maximum atomic E-state index is 9.68.